The Labute approximate surface area is 307 Å². The second-order valence-corrected chi connectivity index (χ2v) is 14.7. The van der Waals surface area contributed by atoms with Gasteiger partial charge in [0.05, 0.1) is 13.2 Å². The van der Waals surface area contributed by atoms with E-state index in [-0.39, 0.29) is 13.2 Å². The normalized spacial score (nSPS) is 11.4. The number of unbranched alkanes of at least 4 members (excludes halogenated alkanes) is 30. The zero-order chi connectivity index (χ0) is 36.1. The van der Waals surface area contributed by atoms with Crippen LogP contribution < -0.4 is 0 Å². The molecule has 0 aliphatic rings. The predicted molar refractivity (Wildman–Crippen MR) is 216 cm³/mol. The molecule has 0 bridgehead atoms. The van der Waals surface area contributed by atoms with Crippen molar-refractivity contribution in [1.82, 2.24) is 4.90 Å². The first kappa shape index (κ1) is 50.2. The molecule has 3 N–H and O–H groups in total. The topological polar surface area (TPSA) is 81.0 Å². The number of rotatable bonds is 40. The molecule has 0 fully saturated rings. The number of aliphatic hydroxyl groups is 2. The maximum Gasteiger partial charge on any atom is 0.303 e. The number of hydrogen-bond acceptors (Lipinski definition) is 4. The fourth-order valence-electron chi connectivity index (χ4n) is 6.56. The van der Waals surface area contributed by atoms with Gasteiger partial charge in [0, 0.05) is 19.5 Å². The molecule has 49 heavy (non-hydrogen) atoms. The molecule has 0 radical (unpaired) electrons. The van der Waals surface area contributed by atoms with E-state index < -0.39 is 5.97 Å². The highest BCUT2D eigenvalue weighted by atomic mass is 16.4. The van der Waals surface area contributed by atoms with Crippen molar-refractivity contribution in [2.75, 3.05) is 32.8 Å². The van der Waals surface area contributed by atoms with Gasteiger partial charge in [-0.25, -0.2) is 0 Å². The van der Waals surface area contributed by atoms with Crippen LogP contribution in [0.5, 0.6) is 0 Å². The van der Waals surface area contributed by atoms with Crippen LogP contribution in [-0.2, 0) is 4.79 Å². The van der Waals surface area contributed by atoms with E-state index in [1.807, 2.05) is 0 Å². The quantitative estimate of drug-likeness (QED) is 0.0439. The van der Waals surface area contributed by atoms with Crippen molar-refractivity contribution < 1.29 is 20.1 Å². The Balaban J connectivity index is 0. The first-order valence-electron chi connectivity index (χ1n) is 21.9. The first-order chi connectivity index (χ1) is 24.1. The summed E-state index contributed by atoms with van der Waals surface area (Å²) in [5.74, 6) is -0.656. The number of carboxylic acid groups (broad SMARTS) is 1. The summed E-state index contributed by atoms with van der Waals surface area (Å²) in [6, 6.07) is 0. The van der Waals surface area contributed by atoms with Crippen molar-refractivity contribution >= 4 is 5.97 Å². The largest absolute Gasteiger partial charge is 0.481 e. The Hall–Kier alpha value is -0.910. The average molecular weight is 696 g/mol. The van der Waals surface area contributed by atoms with Crippen LogP contribution in [-0.4, -0.2) is 59.0 Å². The summed E-state index contributed by atoms with van der Waals surface area (Å²) in [5, 5.41) is 26.5. The van der Waals surface area contributed by atoms with E-state index in [4.69, 9.17) is 15.3 Å². The van der Waals surface area contributed by atoms with Crippen LogP contribution in [0.2, 0.25) is 0 Å². The van der Waals surface area contributed by atoms with Gasteiger partial charge in [-0.2, -0.15) is 0 Å². The van der Waals surface area contributed by atoms with Crippen molar-refractivity contribution in [1.29, 1.82) is 0 Å². The Morgan fingerprint density at radius 3 is 1.00 bits per heavy atom. The van der Waals surface area contributed by atoms with Gasteiger partial charge in [-0.1, -0.05) is 199 Å². The molecule has 0 heterocycles. The van der Waals surface area contributed by atoms with E-state index in [0.29, 0.717) is 19.5 Å². The number of hydrogen-bond donors (Lipinski definition) is 3. The van der Waals surface area contributed by atoms with Gasteiger partial charge in [0.15, 0.2) is 0 Å². The molecule has 0 amide bonds. The summed E-state index contributed by atoms with van der Waals surface area (Å²) >= 11 is 0. The number of carboxylic acids is 1. The van der Waals surface area contributed by atoms with E-state index in [0.717, 1.165) is 19.4 Å². The monoisotopic (exact) mass is 696 g/mol. The molecular formula is C44H89NO4. The number of allylic oxidation sites excluding steroid dienone is 2. The molecule has 0 aliphatic heterocycles. The lowest BCUT2D eigenvalue weighted by Gasteiger charge is -2.19. The van der Waals surface area contributed by atoms with Crippen LogP contribution in [0.1, 0.15) is 232 Å². The van der Waals surface area contributed by atoms with Crippen LogP contribution in [0.15, 0.2) is 12.2 Å². The van der Waals surface area contributed by atoms with E-state index in [2.05, 4.69) is 30.9 Å². The van der Waals surface area contributed by atoms with Crippen LogP contribution in [0.3, 0.4) is 0 Å². The second kappa shape index (κ2) is 47.1. The molecule has 0 aromatic carbocycles. The molecule has 5 heteroatoms. The highest BCUT2D eigenvalue weighted by Gasteiger charge is 2.03. The van der Waals surface area contributed by atoms with Crippen LogP contribution in [0, 0.1) is 0 Å². The van der Waals surface area contributed by atoms with Gasteiger partial charge >= 0.3 is 5.97 Å². The van der Waals surface area contributed by atoms with Gasteiger partial charge in [0.25, 0.3) is 0 Å². The summed E-state index contributed by atoms with van der Waals surface area (Å²) in [7, 11) is 0. The maximum atomic E-state index is 10.4. The minimum absolute atomic E-state index is 0.193. The van der Waals surface area contributed by atoms with Gasteiger partial charge in [-0.05, 0) is 45.1 Å². The van der Waals surface area contributed by atoms with Gasteiger partial charge in [-0.15, -0.1) is 0 Å². The summed E-state index contributed by atoms with van der Waals surface area (Å²) in [6.07, 6.45) is 49.4. The molecule has 0 saturated heterocycles. The van der Waals surface area contributed by atoms with Crippen molar-refractivity contribution in [2.45, 2.75) is 232 Å². The minimum Gasteiger partial charge on any atom is -0.481 e. The smallest absolute Gasteiger partial charge is 0.303 e. The third-order valence-corrected chi connectivity index (χ3v) is 9.81. The van der Waals surface area contributed by atoms with Gasteiger partial charge in [0.2, 0.25) is 0 Å². The zero-order valence-electron chi connectivity index (χ0n) is 33.4. The highest BCUT2D eigenvalue weighted by molar-refractivity contribution is 5.66. The van der Waals surface area contributed by atoms with Crippen LogP contribution >= 0.6 is 0 Å². The standard InChI is InChI=1S/C22H47NO2.C22H42O2/c1-2-3-4-5-6-7-8-9-10-11-12-13-14-15-16-17-18-23(19-21-24)20-22-25;1-2-3-4-5-6-7-8-9-10-11-12-13-14-15-16-17-18-19-20-21-22(23)24/h24-25H,2-22H2,1H3;9-10H,2-8,11-21H2,1H3,(H,23,24)/b;10-9-. The fourth-order valence-corrected chi connectivity index (χ4v) is 6.56. The Kier molecular flexibility index (Phi) is 48.2. The summed E-state index contributed by atoms with van der Waals surface area (Å²) < 4.78 is 0. The van der Waals surface area contributed by atoms with Crippen molar-refractivity contribution in [2.24, 2.45) is 0 Å². The number of aliphatic hydroxyl groups excluding tert-OH is 2. The molecule has 294 valence electrons. The number of nitrogens with zero attached hydrogens (tertiary/aromatic N) is 1. The molecule has 0 aromatic rings. The molecule has 0 atom stereocenters. The number of aliphatic carboxylic acids is 1. The molecular weight excluding hydrogens is 606 g/mol. The highest BCUT2D eigenvalue weighted by Crippen LogP contribution is 2.15. The van der Waals surface area contributed by atoms with E-state index in [1.165, 1.54) is 199 Å². The Morgan fingerprint density at radius 1 is 0.408 bits per heavy atom. The summed E-state index contributed by atoms with van der Waals surface area (Å²) in [4.78, 5) is 12.5. The maximum absolute atomic E-state index is 10.4. The van der Waals surface area contributed by atoms with Crippen molar-refractivity contribution in [3.8, 4) is 0 Å². The molecule has 0 spiro atoms. The average Bonchev–Trinajstić information content (AvgIpc) is 3.09. The lowest BCUT2D eigenvalue weighted by Crippen LogP contribution is -2.30. The van der Waals surface area contributed by atoms with Crippen LogP contribution in [0.4, 0.5) is 0 Å². The lowest BCUT2D eigenvalue weighted by atomic mass is 10.0. The zero-order valence-corrected chi connectivity index (χ0v) is 33.4. The van der Waals surface area contributed by atoms with E-state index in [9.17, 15) is 4.79 Å². The molecule has 5 nitrogen and oxygen atoms in total. The Bertz CT molecular complexity index is 620. The first-order valence-corrected chi connectivity index (χ1v) is 21.9. The van der Waals surface area contributed by atoms with Crippen LogP contribution in [0.25, 0.3) is 0 Å². The van der Waals surface area contributed by atoms with E-state index >= 15 is 0 Å². The fraction of sp³-hybridized carbons (Fsp3) is 0.932. The number of carbonyl (C=O) groups is 1. The predicted octanol–water partition coefficient (Wildman–Crippen LogP) is 13.2. The van der Waals surface area contributed by atoms with Crippen molar-refractivity contribution in [3.05, 3.63) is 12.2 Å². The summed E-state index contributed by atoms with van der Waals surface area (Å²) in [6.45, 7) is 7.34. The Morgan fingerprint density at radius 2 is 0.694 bits per heavy atom. The SMILES string of the molecule is CCCCCCCC/C=C\CCCCCCCCCCCC(=O)O.CCCCCCCCCCCCCCCCCCN(CCO)CCO. The van der Waals surface area contributed by atoms with E-state index in [1.54, 1.807) is 0 Å². The third-order valence-electron chi connectivity index (χ3n) is 9.81. The van der Waals surface area contributed by atoms with Gasteiger partial charge < -0.3 is 15.3 Å². The van der Waals surface area contributed by atoms with Gasteiger partial charge in [-0.3, -0.25) is 9.69 Å². The molecule has 0 rings (SSSR count). The molecule has 0 aliphatic carbocycles. The molecule has 0 unspecified atom stereocenters. The lowest BCUT2D eigenvalue weighted by molar-refractivity contribution is -0.137. The third kappa shape index (κ3) is 49.3. The summed E-state index contributed by atoms with van der Waals surface area (Å²) in [5.41, 5.74) is 0. The molecule has 0 saturated carbocycles. The second-order valence-electron chi connectivity index (χ2n) is 14.7. The minimum atomic E-state index is -0.656. The molecule has 0 aromatic heterocycles. The van der Waals surface area contributed by atoms with Crippen molar-refractivity contribution in [3.63, 3.8) is 0 Å². The van der Waals surface area contributed by atoms with Gasteiger partial charge in [0.1, 0.15) is 0 Å².